The van der Waals surface area contributed by atoms with Crippen molar-refractivity contribution in [2.45, 2.75) is 20.8 Å². The molecule has 0 aliphatic rings. The lowest BCUT2D eigenvalue weighted by atomic mass is 10.2. The maximum Gasteiger partial charge on any atom is 0.277 e. The van der Waals surface area contributed by atoms with E-state index in [4.69, 9.17) is 0 Å². The molecular weight excluding hydrogens is 284 g/mol. The smallest absolute Gasteiger partial charge is 0.277 e. The molecule has 2 amide bonds. The third kappa shape index (κ3) is 3.33. The minimum Gasteiger partial charge on any atom is -0.311 e. The third-order valence-corrected chi connectivity index (χ3v) is 3.13. The van der Waals surface area contributed by atoms with Gasteiger partial charge in [-0.15, -0.1) is 0 Å². The molecule has 0 radical (unpaired) electrons. The van der Waals surface area contributed by atoms with Crippen LogP contribution >= 0.6 is 0 Å². The van der Waals surface area contributed by atoms with Crippen LogP contribution in [0.15, 0.2) is 12.1 Å². The molecule has 0 aliphatic heterocycles. The number of rotatable bonds is 4. The van der Waals surface area contributed by atoms with Gasteiger partial charge in [0.1, 0.15) is 11.6 Å². The topological polar surface area (TPSA) is 93.8 Å². The third-order valence-electron chi connectivity index (χ3n) is 3.13. The van der Waals surface area contributed by atoms with E-state index in [1.807, 2.05) is 6.92 Å². The Morgan fingerprint density at radius 1 is 1.05 bits per heavy atom. The van der Waals surface area contributed by atoms with Gasteiger partial charge in [0.05, 0.1) is 5.69 Å². The minimum atomic E-state index is -0.358. The molecule has 2 aromatic heterocycles. The van der Waals surface area contributed by atoms with Crippen molar-refractivity contribution in [3.05, 3.63) is 23.5 Å². The predicted octanol–water partition coefficient (Wildman–Crippen LogP) is 1.31. The number of aromatic nitrogens is 4. The highest BCUT2D eigenvalue weighted by molar-refractivity contribution is 6.03. The Kier molecular flexibility index (Phi) is 4.30. The highest BCUT2D eigenvalue weighted by Gasteiger charge is 2.17. The van der Waals surface area contributed by atoms with Crippen LogP contribution < -0.4 is 10.6 Å². The molecule has 2 N–H and O–H groups in total. The number of anilines is 2. The number of carbonyl (C=O) groups is 2. The fourth-order valence-electron chi connectivity index (χ4n) is 1.87. The summed E-state index contributed by atoms with van der Waals surface area (Å²) in [4.78, 5) is 23.9. The summed E-state index contributed by atoms with van der Waals surface area (Å²) in [6.45, 7) is 5.43. The van der Waals surface area contributed by atoms with Crippen LogP contribution in [0.5, 0.6) is 0 Å². The molecule has 2 aromatic rings. The predicted molar refractivity (Wildman–Crippen MR) is 82.6 cm³/mol. The Labute approximate surface area is 128 Å². The van der Waals surface area contributed by atoms with Crippen molar-refractivity contribution in [1.82, 2.24) is 19.6 Å². The monoisotopic (exact) mass is 304 g/mol. The second-order valence-corrected chi connectivity index (χ2v) is 5.43. The van der Waals surface area contributed by atoms with E-state index in [2.05, 4.69) is 20.8 Å². The van der Waals surface area contributed by atoms with Crippen LogP contribution in [-0.4, -0.2) is 31.4 Å². The minimum absolute atomic E-state index is 0.128. The number of aryl methyl sites for hydroxylation is 3. The molecule has 8 nitrogen and oxygen atoms in total. The van der Waals surface area contributed by atoms with Crippen molar-refractivity contribution in [2.75, 3.05) is 10.6 Å². The first kappa shape index (κ1) is 15.7. The van der Waals surface area contributed by atoms with E-state index in [0.717, 1.165) is 5.69 Å². The van der Waals surface area contributed by atoms with Crippen molar-refractivity contribution < 1.29 is 9.59 Å². The molecule has 0 aromatic carbocycles. The normalized spacial score (nSPS) is 10.8. The summed E-state index contributed by atoms with van der Waals surface area (Å²) in [6.07, 6.45) is 0. The van der Waals surface area contributed by atoms with Gasteiger partial charge in [-0.25, -0.2) is 0 Å². The molecule has 0 aliphatic carbocycles. The number of carbonyl (C=O) groups excluding carboxylic acids is 2. The Hall–Kier alpha value is -2.64. The Bertz CT molecular complexity index is 713. The maximum absolute atomic E-state index is 12.2. The van der Waals surface area contributed by atoms with E-state index in [1.54, 1.807) is 44.8 Å². The zero-order chi connectivity index (χ0) is 16.4. The molecule has 0 saturated carbocycles. The van der Waals surface area contributed by atoms with Gasteiger partial charge < -0.3 is 10.6 Å². The lowest BCUT2D eigenvalue weighted by Gasteiger charge is -2.06. The number of hydrogen-bond acceptors (Lipinski definition) is 4. The summed E-state index contributed by atoms with van der Waals surface area (Å²) < 4.78 is 3.04. The van der Waals surface area contributed by atoms with Gasteiger partial charge in [-0.2, -0.15) is 10.2 Å². The van der Waals surface area contributed by atoms with Crippen molar-refractivity contribution in [1.29, 1.82) is 0 Å². The van der Waals surface area contributed by atoms with Crippen LogP contribution in [0.4, 0.5) is 11.6 Å². The van der Waals surface area contributed by atoms with Gasteiger partial charge in [-0.3, -0.25) is 19.0 Å². The van der Waals surface area contributed by atoms with Gasteiger partial charge in [0, 0.05) is 32.1 Å². The molecule has 2 rings (SSSR count). The van der Waals surface area contributed by atoms with Crippen molar-refractivity contribution in [3.8, 4) is 0 Å². The lowest BCUT2D eigenvalue weighted by Crippen LogP contribution is -2.19. The van der Waals surface area contributed by atoms with Gasteiger partial charge >= 0.3 is 0 Å². The molecular formula is C14H20N6O2. The van der Waals surface area contributed by atoms with Gasteiger partial charge in [0.2, 0.25) is 5.91 Å². The summed E-state index contributed by atoms with van der Waals surface area (Å²) in [5.41, 5.74) is 1.03. The first-order valence-electron chi connectivity index (χ1n) is 6.95. The highest BCUT2D eigenvalue weighted by Crippen LogP contribution is 2.14. The van der Waals surface area contributed by atoms with E-state index < -0.39 is 0 Å². The average molecular weight is 304 g/mol. The fourth-order valence-corrected chi connectivity index (χ4v) is 1.87. The summed E-state index contributed by atoms with van der Waals surface area (Å²) >= 11 is 0. The molecule has 0 atom stereocenters. The van der Waals surface area contributed by atoms with E-state index in [-0.39, 0.29) is 23.4 Å². The summed E-state index contributed by atoms with van der Waals surface area (Å²) in [5.74, 6) is 0.427. The van der Waals surface area contributed by atoms with Crippen LogP contribution in [0.2, 0.25) is 0 Å². The largest absolute Gasteiger partial charge is 0.311 e. The number of hydrogen-bond donors (Lipinski definition) is 2. The fraction of sp³-hybridized carbons (Fsp3) is 0.429. The highest BCUT2D eigenvalue weighted by atomic mass is 16.2. The Morgan fingerprint density at radius 2 is 1.64 bits per heavy atom. The van der Waals surface area contributed by atoms with Gasteiger partial charge in [-0.1, -0.05) is 13.8 Å². The first-order chi connectivity index (χ1) is 10.3. The number of amides is 2. The number of nitrogens with zero attached hydrogens (tertiary/aromatic N) is 4. The molecule has 0 unspecified atom stereocenters. The lowest BCUT2D eigenvalue weighted by molar-refractivity contribution is -0.118. The Balaban J connectivity index is 2.14. The van der Waals surface area contributed by atoms with Gasteiger partial charge in [-0.05, 0) is 6.92 Å². The standard InChI is InChI=1S/C14H20N6O2/c1-8(2)13(21)15-12-7-10(18-20(12)5)14(22)16-11-6-9(3)17-19(11)4/h6-8H,1-5H3,(H,15,21)(H,16,22). The van der Waals surface area contributed by atoms with Gasteiger partial charge in [0.25, 0.3) is 5.91 Å². The van der Waals surface area contributed by atoms with E-state index >= 15 is 0 Å². The van der Waals surface area contributed by atoms with Gasteiger partial charge in [0.15, 0.2) is 5.69 Å². The summed E-state index contributed by atoms with van der Waals surface area (Å²) in [6, 6.07) is 3.31. The second kappa shape index (κ2) is 6.00. The SMILES string of the molecule is Cc1cc(NC(=O)c2cc(NC(=O)C(C)C)n(C)n2)n(C)n1. The molecule has 0 spiro atoms. The molecule has 0 fully saturated rings. The molecule has 22 heavy (non-hydrogen) atoms. The van der Waals surface area contributed by atoms with E-state index in [1.165, 1.54) is 4.68 Å². The van der Waals surface area contributed by atoms with Crippen LogP contribution in [0, 0.1) is 12.8 Å². The van der Waals surface area contributed by atoms with Crippen molar-refractivity contribution in [3.63, 3.8) is 0 Å². The average Bonchev–Trinajstić information content (AvgIpc) is 2.93. The van der Waals surface area contributed by atoms with Crippen molar-refractivity contribution in [2.24, 2.45) is 20.0 Å². The molecule has 2 heterocycles. The molecule has 118 valence electrons. The van der Waals surface area contributed by atoms with Crippen LogP contribution in [0.3, 0.4) is 0 Å². The zero-order valence-corrected chi connectivity index (χ0v) is 13.3. The first-order valence-corrected chi connectivity index (χ1v) is 6.95. The summed E-state index contributed by atoms with van der Waals surface area (Å²) in [7, 11) is 3.41. The summed E-state index contributed by atoms with van der Waals surface area (Å²) in [5, 5.41) is 13.7. The van der Waals surface area contributed by atoms with Crippen LogP contribution in [-0.2, 0) is 18.9 Å². The van der Waals surface area contributed by atoms with Crippen LogP contribution in [0.25, 0.3) is 0 Å². The van der Waals surface area contributed by atoms with E-state index in [0.29, 0.717) is 11.6 Å². The maximum atomic E-state index is 12.2. The zero-order valence-electron chi connectivity index (χ0n) is 13.3. The Morgan fingerprint density at radius 3 is 2.18 bits per heavy atom. The van der Waals surface area contributed by atoms with E-state index in [9.17, 15) is 9.59 Å². The molecule has 0 saturated heterocycles. The molecule has 0 bridgehead atoms. The second-order valence-electron chi connectivity index (χ2n) is 5.43. The molecule has 8 heteroatoms. The van der Waals surface area contributed by atoms with Crippen LogP contribution in [0.1, 0.15) is 30.0 Å². The number of nitrogens with one attached hydrogen (secondary N) is 2. The quantitative estimate of drug-likeness (QED) is 0.890. The van der Waals surface area contributed by atoms with Crippen molar-refractivity contribution >= 4 is 23.5 Å².